The molecule has 0 atom stereocenters. The van der Waals surface area contributed by atoms with Crippen LogP contribution in [0.1, 0.15) is 16.8 Å². The smallest absolute Gasteiger partial charge is 0.251 e. The maximum absolute atomic E-state index is 11.8. The molecule has 0 aliphatic carbocycles. The van der Waals surface area contributed by atoms with E-state index in [0.29, 0.717) is 35.1 Å². The van der Waals surface area contributed by atoms with Gasteiger partial charge in [-0.1, -0.05) is 11.6 Å². The molecule has 18 heavy (non-hydrogen) atoms. The van der Waals surface area contributed by atoms with E-state index in [2.05, 4.69) is 5.32 Å². The average molecular weight is 274 g/mol. The van der Waals surface area contributed by atoms with Crippen LogP contribution in [-0.4, -0.2) is 38.4 Å². The molecule has 0 aliphatic rings. The lowest BCUT2D eigenvalue weighted by molar-refractivity contribution is 0.0950. The molecule has 0 heterocycles. The molecule has 1 amide bonds. The molecule has 2 N–H and O–H groups in total. The number of nitrogens with one attached hydrogen (secondary N) is 1. The van der Waals surface area contributed by atoms with E-state index in [1.807, 2.05) is 0 Å². The highest BCUT2D eigenvalue weighted by molar-refractivity contribution is 6.32. The van der Waals surface area contributed by atoms with E-state index < -0.39 is 0 Å². The van der Waals surface area contributed by atoms with Crippen molar-refractivity contribution in [3.63, 3.8) is 0 Å². The lowest BCUT2D eigenvalue weighted by atomic mass is 10.2. The third kappa shape index (κ3) is 3.51. The Morgan fingerprint density at radius 3 is 2.67 bits per heavy atom. The van der Waals surface area contributed by atoms with Crippen LogP contribution < -0.4 is 14.8 Å². The number of hydrogen-bond acceptors (Lipinski definition) is 4. The number of ether oxygens (including phenoxy) is 2. The van der Waals surface area contributed by atoms with Crippen molar-refractivity contribution >= 4 is 17.5 Å². The fourth-order valence-electron chi connectivity index (χ4n) is 1.43. The van der Waals surface area contributed by atoms with Gasteiger partial charge in [-0.15, -0.1) is 0 Å². The molecule has 0 aliphatic heterocycles. The van der Waals surface area contributed by atoms with Crippen molar-refractivity contribution in [2.24, 2.45) is 0 Å². The zero-order valence-electron chi connectivity index (χ0n) is 10.3. The van der Waals surface area contributed by atoms with Crippen LogP contribution in [0, 0.1) is 0 Å². The summed E-state index contributed by atoms with van der Waals surface area (Å²) in [6, 6.07) is 3.07. The Balaban J connectivity index is 2.90. The maximum atomic E-state index is 11.8. The van der Waals surface area contributed by atoms with Gasteiger partial charge in [0.15, 0.2) is 11.5 Å². The van der Waals surface area contributed by atoms with Crippen molar-refractivity contribution < 1.29 is 19.4 Å². The molecule has 5 nitrogen and oxygen atoms in total. The highest BCUT2D eigenvalue weighted by Crippen LogP contribution is 2.35. The number of carbonyl (C=O) groups excluding carboxylic acids is 1. The number of aliphatic hydroxyl groups excluding tert-OH is 1. The number of amides is 1. The second-order valence-corrected chi connectivity index (χ2v) is 3.93. The maximum Gasteiger partial charge on any atom is 0.251 e. The van der Waals surface area contributed by atoms with E-state index in [4.69, 9.17) is 26.2 Å². The number of halogens is 1. The third-order valence-electron chi connectivity index (χ3n) is 2.32. The number of carbonyl (C=O) groups is 1. The monoisotopic (exact) mass is 273 g/mol. The molecular weight excluding hydrogens is 258 g/mol. The molecule has 100 valence electrons. The molecule has 0 radical (unpaired) electrons. The van der Waals surface area contributed by atoms with Crippen LogP contribution in [0.3, 0.4) is 0 Å². The van der Waals surface area contributed by atoms with Gasteiger partial charge < -0.3 is 19.9 Å². The Labute approximate surface area is 111 Å². The molecule has 0 saturated heterocycles. The average Bonchev–Trinajstić information content (AvgIpc) is 2.37. The summed E-state index contributed by atoms with van der Waals surface area (Å²) < 4.78 is 10.2. The molecular formula is C12H16ClNO4. The number of hydrogen-bond donors (Lipinski definition) is 2. The highest BCUT2D eigenvalue weighted by atomic mass is 35.5. The molecule has 0 aromatic heterocycles. The minimum Gasteiger partial charge on any atom is -0.493 e. The SMILES string of the molecule is COc1cc(C(=O)NCCCO)cc(Cl)c1OC. The first-order chi connectivity index (χ1) is 8.63. The van der Waals surface area contributed by atoms with Crippen molar-refractivity contribution in [1.29, 1.82) is 0 Å². The van der Waals surface area contributed by atoms with Crippen LogP contribution in [-0.2, 0) is 0 Å². The molecule has 0 spiro atoms. The van der Waals surface area contributed by atoms with E-state index in [1.165, 1.54) is 20.3 Å². The second kappa shape index (κ2) is 7.08. The zero-order chi connectivity index (χ0) is 13.5. The van der Waals surface area contributed by atoms with Crippen molar-refractivity contribution in [2.75, 3.05) is 27.4 Å². The summed E-state index contributed by atoms with van der Waals surface area (Å²) in [7, 11) is 2.95. The molecule has 0 unspecified atom stereocenters. The topological polar surface area (TPSA) is 67.8 Å². The Kier molecular flexibility index (Phi) is 5.74. The van der Waals surface area contributed by atoms with Gasteiger partial charge in [0.2, 0.25) is 0 Å². The standard InChI is InChI=1S/C12H16ClNO4/c1-17-10-7-8(6-9(13)11(10)18-2)12(16)14-4-3-5-15/h6-7,15H,3-5H2,1-2H3,(H,14,16). The second-order valence-electron chi connectivity index (χ2n) is 3.53. The summed E-state index contributed by atoms with van der Waals surface area (Å²) in [5.74, 6) is 0.523. The van der Waals surface area contributed by atoms with Gasteiger partial charge in [-0.25, -0.2) is 0 Å². The van der Waals surface area contributed by atoms with Gasteiger partial charge in [0.25, 0.3) is 5.91 Å². The van der Waals surface area contributed by atoms with Gasteiger partial charge >= 0.3 is 0 Å². The Morgan fingerprint density at radius 2 is 2.11 bits per heavy atom. The summed E-state index contributed by atoms with van der Waals surface area (Å²) in [5, 5.41) is 11.6. The molecule has 0 fully saturated rings. The van der Waals surface area contributed by atoms with Gasteiger partial charge in [0, 0.05) is 18.7 Å². The first-order valence-electron chi connectivity index (χ1n) is 5.44. The van der Waals surface area contributed by atoms with E-state index in [9.17, 15) is 4.79 Å². The summed E-state index contributed by atoms with van der Waals surface area (Å²) in [4.78, 5) is 11.8. The first-order valence-corrected chi connectivity index (χ1v) is 5.82. The minimum absolute atomic E-state index is 0.0347. The zero-order valence-corrected chi connectivity index (χ0v) is 11.1. The summed E-state index contributed by atoms with van der Waals surface area (Å²) in [5.41, 5.74) is 0.385. The van der Waals surface area contributed by atoms with Crippen LogP contribution in [0.5, 0.6) is 11.5 Å². The van der Waals surface area contributed by atoms with E-state index in [1.54, 1.807) is 6.07 Å². The van der Waals surface area contributed by atoms with Crippen LogP contribution in [0.15, 0.2) is 12.1 Å². The number of methoxy groups -OCH3 is 2. The van der Waals surface area contributed by atoms with E-state index in [0.717, 1.165) is 0 Å². The summed E-state index contributed by atoms with van der Waals surface area (Å²) in [6.07, 6.45) is 0.507. The Bertz CT molecular complexity index is 423. The molecule has 1 aromatic rings. The molecule has 6 heteroatoms. The quantitative estimate of drug-likeness (QED) is 0.770. The van der Waals surface area contributed by atoms with Gasteiger partial charge in [-0.3, -0.25) is 4.79 Å². The van der Waals surface area contributed by atoms with Crippen molar-refractivity contribution in [2.45, 2.75) is 6.42 Å². The fraction of sp³-hybridized carbons (Fsp3) is 0.417. The van der Waals surface area contributed by atoms with Crippen LogP contribution in [0.25, 0.3) is 0 Å². The van der Waals surface area contributed by atoms with Crippen molar-refractivity contribution in [1.82, 2.24) is 5.32 Å². The lowest BCUT2D eigenvalue weighted by Gasteiger charge is -2.11. The third-order valence-corrected chi connectivity index (χ3v) is 2.60. The Hall–Kier alpha value is -1.46. The van der Waals surface area contributed by atoms with Crippen LogP contribution in [0.4, 0.5) is 0 Å². The number of aliphatic hydroxyl groups is 1. The predicted octanol–water partition coefficient (Wildman–Crippen LogP) is 1.47. The van der Waals surface area contributed by atoms with Crippen molar-refractivity contribution in [3.8, 4) is 11.5 Å². The fourth-order valence-corrected chi connectivity index (χ4v) is 1.72. The van der Waals surface area contributed by atoms with E-state index >= 15 is 0 Å². The lowest BCUT2D eigenvalue weighted by Crippen LogP contribution is -2.25. The number of benzene rings is 1. The van der Waals surface area contributed by atoms with Crippen LogP contribution >= 0.6 is 11.6 Å². The summed E-state index contributed by atoms with van der Waals surface area (Å²) in [6.45, 7) is 0.439. The van der Waals surface area contributed by atoms with Crippen LogP contribution in [0.2, 0.25) is 5.02 Å². The Morgan fingerprint density at radius 1 is 1.39 bits per heavy atom. The summed E-state index contributed by atoms with van der Waals surface area (Å²) >= 11 is 5.99. The highest BCUT2D eigenvalue weighted by Gasteiger charge is 2.14. The normalized spacial score (nSPS) is 10.0. The van der Waals surface area contributed by atoms with Gasteiger partial charge in [0.1, 0.15) is 0 Å². The van der Waals surface area contributed by atoms with Gasteiger partial charge in [-0.2, -0.15) is 0 Å². The van der Waals surface area contributed by atoms with Gasteiger partial charge in [0.05, 0.1) is 19.2 Å². The molecule has 1 aromatic carbocycles. The van der Waals surface area contributed by atoms with Crippen molar-refractivity contribution in [3.05, 3.63) is 22.7 Å². The first kappa shape index (κ1) is 14.6. The minimum atomic E-state index is -0.272. The predicted molar refractivity (Wildman–Crippen MR) is 68.6 cm³/mol. The van der Waals surface area contributed by atoms with E-state index in [-0.39, 0.29) is 12.5 Å². The molecule has 0 saturated carbocycles. The van der Waals surface area contributed by atoms with Gasteiger partial charge in [-0.05, 0) is 18.6 Å². The number of rotatable bonds is 6. The largest absolute Gasteiger partial charge is 0.493 e. The molecule has 1 rings (SSSR count). The molecule has 0 bridgehead atoms.